The van der Waals surface area contributed by atoms with Crippen molar-refractivity contribution in [3.8, 4) is 5.75 Å². The van der Waals surface area contributed by atoms with E-state index in [2.05, 4.69) is 24.1 Å². The number of esters is 1. The molecule has 7 heteroatoms. The SMILES string of the molecule is Cc1cc(OCC(=O)OCC(=O)NCCc2nc3ccccc3s2)ccc1C(C)C. The lowest BCUT2D eigenvalue weighted by molar-refractivity contribution is -0.150. The summed E-state index contributed by atoms with van der Waals surface area (Å²) in [5.41, 5.74) is 3.32. The Bertz CT molecular complexity index is 996. The lowest BCUT2D eigenvalue weighted by Gasteiger charge is -2.12. The number of amides is 1. The van der Waals surface area contributed by atoms with Gasteiger partial charge in [-0.1, -0.05) is 32.0 Å². The number of nitrogens with one attached hydrogen (secondary N) is 1. The molecule has 0 aliphatic carbocycles. The first-order valence-corrected chi connectivity index (χ1v) is 10.7. The average molecular weight is 427 g/mol. The van der Waals surface area contributed by atoms with Crippen LogP contribution in [0.5, 0.6) is 5.75 Å². The van der Waals surface area contributed by atoms with Crippen molar-refractivity contribution >= 4 is 33.4 Å². The number of nitrogens with zero attached hydrogens (tertiary/aromatic N) is 1. The highest BCUT2D eigenvalue weighted by atomic mass is 32.1. The van der Waals surface area contributed by atoms with E-state index in [1.807, 2.05) is 49.4 Å². The quantitative estimate of drug-likeness (QED) is 0.523. The molecule has 3 aromatic rings. The zero-order valence-corrected chi connectivity index (χ0v) is 18.3. The molecule has 0 fully saturated rings. The maximum atomic E-state index is 11.9. The van der Waals surface area contributed by atoms with Crippen LogP contribution in [-0.4, -0.2) is 36.6 Å². The summed E-state index contributed by atoms with van der Waals surface area (Å²) in [5, 5.41) is 3.70. The standard InChI is InChI=1S/C23H26N2O4S/c1-15(2)18-9-8-17(12-16(18)3)28-14-23(27)29-13-21(26)24-11-10-22-25-19-6-4-5-7-20(19)30-22/h4-9,12,15H,10-11,13-14H2,1-3H3,(H,24,26). The first-order valence-electron chi connectivity index (χ1n) is 9.92. The number of hydrogen-bond donors (Lipinski definition) is 1. The van der Waals surface area contributed by atoms with E-state index in [0.717, 1.165) is 20.8 Å². The molecule has 1 N–H and O–H groups in total. The number of carbonyl (C=O) groups excluding carboxylic acids is 2. The summed E-state index contributed by atoms with van der Waals surface area (Å²) in [6.07, 6.45) is 0.633. The number of rotatable bonds is 9. The van der Waals surface area contributed by atoms with Gasteiger partial charge in [0.2, 0.25) is 0 Å². The van der Waals surface area contributed by atoms with Crippen LogP contribution in [0.4, 0.5) is 0 Å². The third kappa shape index (κ3) is 6.03. The molecule has 1 aromatic heterocycles. The molecule has 2 aromatic carbocycles. The number of hydrogen-bond acceptors (Lipinski definition) is 6. The molecule has 0 aliphatic rings. The van der Waals surface area contributed by atoms with E-state index in [4.69, 9.17) is 9.47 Å². The second kappa shape index (κ2) is 10.2. The predicted octanol–water partition coefficient (Wildman–Crippen LogP) is 4.01. The third-order valence-electron chi connectivity index (χ3n) is 4.58. The number of ether oxygens (including phenoxy) is 2. The summed E-state index contributed by atoms with van der Waals surface area (Å²) in [5.74, 6) is 0.106. The molecular weight excluding hydrogens is 400 g/mol. The lowest BCUT2D eigenvalue weighted by atomic mass is 9.98. The molecule has 0 radical (unpaired) electrons. The van der Waals surface area contributed by atoms with E-state index >= 15 is 0 Å². The highest BCUT2D eigenvalue weighted by molar-refractivity contribution is 7.18. The van der Waals surface area contributed by atoms with Crippen molar-refractivity contribution in [1.29, 1.82) is 0 Å². The van der Waals surface area contributed by atoms with Crippen LogP contribution >= 0.6 is 11.3 Å². The Morgan fingerprint density at radius 2 is 1.93 bits per heavy atom. The molecule has 0 saturated heterocycles. The summed E-state index contributed by atoms with van der Waals surface area (Å²) in [4.78, 5) is 28.2. The van der Waals surface area contributed by atoms with Crippen LogP contribution in [0.3, 0.4) is 0 Å². The molecule has 158 valence electrons. The van der Waals surface area contributed by atoms with Crippen LogP contribution in [-0.2, 0) is 20.7 Å². The third-order valence-corrected chi connectivity index (χ3v) is 5.68. The predicted molar refractivity (Wildman–Crippen MR) is 118 cm³/mol. The van der Waals surface area contributed by atoms with Crippen molar-refractivity contribution in [3.05, 3.63) is 58.6 Å². The fourth-order valence-electron chi connectivity index (χ4n) is 3.10. The fraction of sp³-hybridized carbons (Fsp3) is 0.348. The Hall–Kier alpha value is -2.93. The second-order valence-electron chi connectivity index (χ2n) is 7.30. The molecule has 1 amide bonds. The van der Waals surface area contributed by atoms with Crippen molar-refractivity contribution in [2.24, 2.45) is 0 Å². The van der Waals surface area contributed by atoms with Crippen LogP contribution in [0.1, 0.15) is 35.9 Å². The number of para-hydroxylation sites is 1. The largest absolute Gasteiger partial charge is 0.482 e. The van der Waals surface area contributed by atoms with Crippen molar-refractivity contribution in [3.63, 3.8) is 0 Å². The molecule has 0 aliphatic heterocycles. The molecule has 0 unspecified atom stereocenters. The molecule has 1 heterocycles. The number of aryl methyl sites for hydroxylation is 1. The van der Waals surface area contributed by atoms with Gasteiger partial charge in [-0.25, -0.2) is 9.78 Å². The van der Waals surface area contributed by atoms with Gasteiger partial charge in [0.05, 0.1) is 15.2 Å². The Kier molecular flexibility index (Phi) is 7.41. The van der Waals surface area contributed by atoms with Crippen molar-refractivity contribution in [1.82, 2.24) is 10.3 Å². The monoisotopic (exact) mass is 426 g/mol. The second-order valence-corrected chi connectivity index (χ2v) is 8.41. The van der Waals surface area contributed by atoms with Crippen LogP contribution < -0.4 is 10.1 Å². The van der Waals surface area contributed by atoms with Gasteiger partial charge in [-0.15, -0.1) is 11.3 Å². The van der Waals surface area contributed by atoms with Crippen molar-refractivity contribution < 1.29 is 19.1 Å². The van der Waals surface area contributed by atoms with Crippen molar-refractivity contribution in [2.75, 3.05) is 19.8 Å². The Morgan fingerprint density at radius 1 is 1.13 bits per heavy atom. The summed E-state index contributed by atoms with van der Waals surface area (Å²) < 4.78 is 11.6. The van der Waals surface area contributed by atoms with Gasteiger partial charge in [0.15, 0.2) is 13.2 Å². The highest BCUT2D eigenvalue weighted by Gasteiger charge is 2.10. The normalized spacial score (nSPS) is 10.9. The van der Waals surface area contributed by atoms with Crippen molar-refractivity contribution in [2.45, 2.75) is 33.1 Å². The molecule has 0 saturated carbocycles. The topological polar surface area (TPSA) is 77.5 Å². The summed E-state index contributed by atoms with van der Waals surface area (Å²) >= 11 is 1.61. The lowest BCUT2D eigenvalue weighted by Crippen LogP contribution is -2.31. The average Bonchev–Trinajstić information content (AvgIpc) is 3.13. The zero-order chi connectivity index (χ0) is 21.5. The first-order chi connectivity index (χ1) is 14.4. The summed E-state index contributed by atoms with van der Waals surface area (Å²) in [7, 11) is 0. The number of carbonyl (C=O) groups is 2. The van der Waals surface area contributed by atoms with Gasteiger partial charge in [-0.3, -0.25) is 4.79 Å². The molecular formula is C23H26N2O4S. The molecule has 0 atom stereocenters. The van der Waals surface area contributed by atoms with Crippen LogP contribution in [0.25, 0.3) is 10.2 Å². The number of aromatic nitrogens is 1. The number of benzene rings is 2. The van der Waals surface area contributed by atoms with Gasteiger partial charge in [-0.2, -0.15) is 0 Å². The van der Waals surface area contributed by atoms with Gasteiger partial charge in [0.25, 0.3) is 5.91 Å². The van der Waals surface area contributed by atoms with E-state index in [1.54, 1.807) is 11.3 Å². The van der Waals surface area contributed by atoms with Crippen LogP contribution in [0, 0.1) is 6.92 Å². The minimum Gasteiger partial charge on any atom is -0.482 e. The Labute approximate surface area is 180 Å². The smallest absolute Gasteiger partial charge is 0.344 e. The molecule has 6 nitrogen and oxygen atoms in total. The maximum absolute atomic E-state index is 11.9. The molecule has 0 bridgehead atoms. The summed E-state index contributed by atoms with van der Waals surface area (Å²) in [6.45, 7) is 6.15. The van der Waals surface area contributed by atoms with Crippen LogP contribution in [0.2, 0.25) is 0 Å². The molecule has 3 rings (SSSR count). The van der Waals surface area contributed by atoms with Gasteiger partial charge in [0.1, 0.15) is 5.75 Å². The minimum atomic E-state index is -0.582. The molecule has 30 heavy (non-hydrogen) atoms. The number of thiazole rings is 1. The van der Waals surface area contributed by atoms with Gasteiger partial charge in [0, 0.05) is 13.0 Å². The van der Waals surface area contributed by atoms with Gasteiger partial charge < -0.3 is 14.8 Å². The highest BCUT2D eigenvalue weighted by Crippen LogP contribution is 2.23. The maximum Gasteiger partial charge on any atom is 0.344 e. The molecule has 0 spiro atoms. The van der Waals surface area contributed by atoms with E-state index in [1.165, 1.54) is 5.56 Å². The zero-order valence-electron chi connectivity index (χ0n) is 17.4. The van der Waals surface area contributed by atoms with E-state index in [9.17, 15) is 9.59 Å². The van der Waals surface area contributed by atoms with Gasteiger partial charge in [-0.05, 0) is 48.2 Å². The first kappa shape index (κ1) is 21.8. The van der Waals surface area contributed by atoms with E-state index < -0.39 is 5.97 Å². The number of fused-ring (bicyclic) bond motifs is 1. The Morgan fingerprint density at radius 3 is 2.67 bits per heavy atom. The fourth-order valence-corrected chi connectivity index (χ4v) is 4.07. The van der Waals surface area contributed by atoms with E-state index in [0.29, 0.717) is 24.6 Å². The van der Waals surface area contributed by atoms with Crippen LogP contribution in [0.15, 0.2) is 42.5 Å². The van der Waals surface area contributed by atoms with E-state index in [-0.39, 0.29) is 19.1 Å². The van der Waals surface area contributed by atoms with Gasteiger partial charge >= 0.3 is 5.97 Å². The summed E-state index contributed by atoms with van der Waals surface area (Å²) in [6, 6.07) is 13.7. The Balaban J connectivity index is 1.35. The minimum absolute atomic E-state index is 0.237.